The summed E-state index contributed by atoms with van der Waals surface area (Å²) < 4.78 is 0. The number of carbonyl (C=O) groups excluding carboxylic acids is 2. The molecule has 1 aliphatic rings. The SMILES string of the molecule is CC(C)(NC(=O)NCC1CCC(=O)N1)C(=O)O. The van der Waals surface area contributed by atoms with Crippen molar-refractivity contribution >= 4 is 17.9 Å². The van der Waals surface area contributed by atoms with Gasteiger partial charge in [-0.15, -0.1) is 0 Å². The molecule has 1 saturated heterocycles. The number of urea groups is 1. The van der Waals surface area contributed by atoms with Crippen LogP contribution in [-0.2, 0) is 9.59 Å². The molecule has 0 aromatic rings. The Morgan fingerprint density at radius 2 is 2.18 bits per heavy atom. The number of hydrogen-bond donors (Lipinski definition) is 4. The minimum absolute atomic E-state index is 0.0249. The lowest BCUT2D eigenvalue weighted by Gasteiger charge is -2.21. The molecular weight excluding hydrogens is 226 g/mol. The van der Waals surface area contributed by atoms with E-state index in [2.05, 4.69) is 16.0 Å². The molecule has 1 aliphatic heterocycles. The predicted molar refractivity (Wildman–Crippen MR) is 59.4 cm³/mol. The first kappa shape index (κ1) is 13.3. The molecule has 1 unspecified atom stereocenters. The normalized spacial score (nSPS) is 19.6. The van der Waals surface area contributed by atoms with Gasteiger partial charge in [-0.25, -0.2) is 9.59 Å². The van der Waals surface area contributed by atoms with Crippen LogP contribution in [0.1, 0.15) is 26.7 Å². The number of aliphatic carboxylic acids is 1. The van der Waals surface area contributed by atoms with Gasteiger partial charge in [-0.1, -0.05) is 0 Å². The molecule has 7 heteroatoms. The number of amides is 3. The molecule has 0 saturated carbocycles. The van der Waals surface area contributed by atoms with E-state index in [0.29, 0.717) is 19.4 Å². The van der Waals surface area contributed by atoms with Crippen LogP contribution < -0.4 is 16.0 Å². The van der Waals surface area contributed by atoms with E-state index in [1.807, 2.05) is 0 Å². The van der Waals surface area contributed by atoms with Gasteiger partial charge in [-0.05, 0) is 20.3 Å². The Balaban J connectivity index is 2.30. The summed E-state index contributed by atoms with van der Waals surface area (Å²) >= 11 is 0. The summed E-state index contributed by atoms with van der Waals surface area (Å²) in [6.45, 7) is 3.09. The van der Waals surface area contributed by atoms with Crippen molar-refractivity contribution in [1.29, 1.82) is 0 Å². The highest BCUT2D eigenvalue weighted by Crippen LogP contribution is 2.05. The number of nitrogens with one attached hydrogen (secondary N) is 3. The topological polar surface area (TPSA) is 108 Å². The second kappa shape index (κ2) is 5.03. The van der Waals surface area contributed by atoms with Crippen LogP contribution in [0.25, 0.3) is 0 Å². The van der Waals surface area contributed by atoms with Crippen molar-refractivity contribution in [3.05, 3.63) is 0 Å². The first-order valence-corrected chi connectivity index (χ1v) is 5.40. The van der Waals surface area contributed by atoms with E-state index in [-0.39, 0.29) is 11.9 Å². The van der Waals surface area contributed by atoms with Gasteiger partial charge in [0.05, 0.1) is 0 Å². The lowest BCUT2D eigenvalue weighted by molar-refractivity contribution is -0.142. The van der Waals surface area contributed by atoms with E-state index in [1.54, 1.807) is 0 Å². The van der Waals surface area contributed by atoms with Gasteiger partial charge in [-0.2, -0.15) is 0 Å². The van der Waals surface area contributed by atoms with E-state index in [0.717, 1.165) is 0 Å². The fourth-order valence-corrected chi connectivity index (χ4v) is 1.43. The van der Waals surface area contributed by atoms with Gasteiger partial charge in [0.1, 0.15) is 5.54 Å². The van der Waals surface area contributed by atoms with E-state index in [9.17, 15) is 14.4 Å². The number of carbonyl (C=O) groups is 3. The largest absolute Gasteiger partial charge is 0.480 e. The lowest BCUT2D eigenvalue weighted by atomic mass is 10.1. The Bertz CT molecular complexity index is 340. The molecule has 0 radical (unpaired) electrons. The van der Waals surface area contributed by atoms with Crippen LogP contribution >= 0.6 is 0 Å². The van der Waals surface area contributed by atoms with Gasteiger partial charge < -0.3 is 21.1 Å². The third-order valence-corrected chi connectivity index (χ3v) is 2.55. The molecule has 3 amide bonds. The van der Waals surface area contributed by atoms with E-state index in [1.165, 1.54) is 13.8 Å². The molecule has 0 aromatic carbocycles. The third-order valence-electron chi connectivity index (χ3n) is 2.55. The summed E-state index contributed by atoms with van der Waals surface area (Å²) in [6, 6.07) is -0.625. The molecular formula is C10H17N3O4. The van der Waals surface area contributed by atoms with Crippen molar-refractivity contribution in [2.24, 2.45) is 0 Å². The Morgan fingerprint density at radius 3 is 2.65 bits per heavy atom. The fraction of sp³-hybridized carbons (Fsp3) is 0.700. The first-order valence-electron chi connectivity index (χ1n) is 5.40. The fourth-order valence-electron chi connectivity index (χ4n) is 1.43. The molecule has 0 aliphatic carbocycles. The van der Waals surface area contributed by atoms with Crippen LogP contribution in [0.4, 0.5) is 4.79 Å². The van der Waals surface area contributed by atoms with Crippen LogP contribution in [0, 0.1) is 0 Å². The molecule has 7 nitrogen and oxygen atoms in total. The molecule has 1 heterocycles. The van der Waals surface area contributed by atoms with Crippen molar-refractivity contribution in [3.8, 4) is 0 Å². The van der Waals surface area contributed by atoms with Crippen LogP contribution in [0.3, 0.4) is 0 Å². The second-order valence-corrected chi connectivity index (χ2v) is 4.57. The third kappa shape index (κ3) is 3.93. The number of rotatable bonds is 4. The second-order valence-electron chi connectivity index (χ2n) is 4.57. The summed E-state index contributed by atoms with van der Waals surface area (Å²) in [5.74, 6) is -1.13. The molecule has 0 aromatic heterocycles. The van der Waals surface area contributed by atoms with Crippen molar-refractivity contribution in [2.75, 3.05) is 6.54 Å². The summed E-state index contributed by atoms with van der Waals surface area (Å²) in [4.78, 5) is 33.1. The van der Waals surface area contributed by atoms with Gasteiger partial charge in [-0.3, -0.25) is 4.79 Å². The molecule has 0 bridgehead atoms. The molecule has 1 fully saturated rings. The zero-order valence-electron chi connectivity index (χ0n) is 9.87. The summed E-state index contributed by atoms with van der Waals surface area (Å²) in [7, 11) is 0. The van der Waals surface area contributed by atoms with E-state index in [4.69, 9.17) is 5.11 Å². The Kier molecular flexibility index (Phi) is 3.93. The molecule has 1 rings (SSSR count). The van der Waals surface area contributed by atoms with Gasteiger partial charge in [0.2, 0.25) is 5.91 Å². The Labute approximate surface area is 98.9 Å². The zero-order valence-corrected chi connectivity index (χ0v) is 9.87. The summed E-state index contributed by atoms with van der Waals surface area (Å²) in [5.41, 5.74) is -1.32. The number of hydrogen-bond acceptors (Lipinski definition) is 3. The van der Waals surface area contributed by atoms with Gasteiger partial charge in [0.15, 0.2) is 0 Å². The maximum Gasteiger partial charge on any atom is 0.328 e. The lowest BCUT2D eigenvalue weighted by Crippen LogP contribution is -2.54. The quantitative estimate of drug-likeness (QED) is 0.530. The highest BCUT2D eigenvalue weighted by atomic mass is 16.4. The maximum atomic E-state index is 11.4. The monoisotopic (exact) mass is 243 g/mol. The highest BCUT2D eigenvalue weighted by Gasteiger charge is 2.29. The Morgan fingerprint density at radius 1 is 1.53 bits per heavy atom. The minimum Gasteiger partial charge on any atom is -0.480 e. The smallest absolute Gasteiger partial charge is 0.328 e. The van der Waals surface area contributed by atoms with Crippen molar-refractivity contribution in [3.63, 3.8) is 0 Å². The van der Waals surface area contributed by atoms with E-state index >= 15 is 0 Å². The molecule has 4 N–H and O–H groups in total. The van der Waals surface area contributed by atoms with E-state index < -0.39 is 17.5 Å². The van der Waals surface area contributed by atoms with Crippen molar-refractivity contribution < 1.29 is 19.5 Å². The first-order chi connectivity index (χ1) is 7.81. The predicted octanol–water partition coefficient (Wildman–Crippen LogP) is -0.573. The Hall–Kier alpha value is -1.79. The summed E-state index contributed by atoms with van der Waals surface area (Å²) in [5, 5.41) is 16.4. The zero-order chi connectivity index (χ0) is 13.1. The molecule has 0 spiro atoms. The van der Waals surface area contributed by atoms with Crippen LogP contribution in [-0.4, -0.2) is 41.1 Å². The number of carboxylic acids is 1. The average molecular weight is 243 g/mol. The van der Waals surface area contributed by atoms with Crippen molar-refractivity contribution in [1.82, 2.24) is 16.0 Å². The van der Waals surface area contributed by atoms with Crippen LogP contribution in [0.5, 0.6) is 0 Å². The molecule has 1 atom stereocenters. The van der Waals surface area contributed by atoms with Crippen LogP contribution in [0.15, 0.2) is 0 Å². The van der Waals surface area contributed by atoms with Crippen LogP contribution in [0.2, 0.25) is 0 Å². The highest BCUT2D eigenvalue weighted by molar-refractivity contribution is 5.85. The maximum absolute atomic E-state index is 11.4. The number of carboxylic acid groups (broad SMARTS) is 1. The van der Waals surface area contributed by atoms with Gasteiger partial charge in [0, 0.05) is 19.0 Å². The molecule has 96 valence electrons. The minimum atomic E-state index is -1.32. The van der Waals surface area contributed by atoms with Crippen molar-refractivity contribution in [2.45, 2.75) is 38.3 Å². The standard InChI is InChI=1S/C10H17N3O4/c1-10(2,8(15)16)13-9(17)11-5-6-3-4-7(14)12-6/h6H,3-5H2,1-2H3,(H,12,14)(H,15,16)(H2,11,13,17). The van der Waals surface area contributed by atoms with Gasteiger partial charge >= 0.3 is 12.0 Å². The molecule has 17 heavy (non-hydrogen) atoms. The average Bonchev–Trinajstić information content (AvgIpc) is 2.60. The van der Waals surface area contributed by atoms with Gasteiger partial charge in [0.25, 0.3) is 0 Å². The summed E-state index contributed by atoms with van der Waals surface area (Å²) in [6.07, 6.45) is 1.15.